The normalized spacial score (nSPS) is 10.9. The van der Waals surface area contributed by atoms with Gasteiger partial charge in [0.25, 0.3) is 0 Å². The Balaban J connectivity index is 2.22. The minimum absolute atomic E-state index is 0.454. The van der Waals surface area contributed by atoms with Crippen LogP contribution in [0.1, 0.15) is 26.3 Å². The van der Waals surface area contributed by atoms with E-state index in [9.17, 15) is 0 Å². The molecule has 4 heteroatoms. The van der Waals surface area contributed by atoms with Crippen molar-refractivity contribution in [3.63, 3.8) is 0 Å². The van der Waals surface area contributed by atoms with E-state index in [0.717, 1.165) is 28.4 Å². The Morgan fingerprint density at radius 2 is 2.05 bits per heavy atom. The molecule has 21 heavy (non-hydrogen) atoms. The van der Waals surface area contributed by atoms with Gasteiger partial charge in [0.2, 0.25) is 0 Å². The summed E-state index contributed by atoms with van der Waals surface area (Å²) in [4.78, 5) is 4.21. The van der Waals surface area contributed by atoms with Crippen molar-refractivity contribution in [2.45, 2.75) is 33.4 Å². The van der Waals surface area contributed by atoms with E-state index < -0.39 is 0 Å². The Bertz CT molecular complexity index is 599. The summed E-state index contributed by atoms with van der Waals surface area (Å²) in [5, 5.41) is 4.11. The molecule has 3 nitrogen and oxygen atoms in total. The molecule has 112 valence electrons. The number of pyridine rings is 1. The Morgan fingerprint density at radius 3 is 2.71 bits per heavy atom. The smallest absolute Gasteiger partial charge is 0.138 e. The first-order valence-corrected chi connectivity index (χ1v) is 7.58. The number of halogens is 1. The summed E-state index contributed by atoms with van der Waals surface area (Å²) >= 11 is 6.41. The van der Waals surface area contributed by atoms with Crippen molar-refractivity contribution < 1.29 is 4.74 Å². The summed E-state index contributed by atoms with van der Waals surface area (Å²) in [6.45, 7) is 7.64. The first-order chi connectivity index (χ1) is 10.1. The number of rotatable bonds is 6. The van der Waals surface area contributed by atoms with Gasteiger partial charge >= 0.3 is 0 Å². The maximum Gasteiger partial charge on any atom is 0.138 e. The van der Waals surface area contributed by atoms with Gasteiger partial charge in [-0.05, 0) is 24.6 Å². The Kier molecular flexibility index (Phi) is 5.59. The second-order valence-corrected chi connectivity index (χ2v) is 5.60. The van der Waals surface area contributed by atoms with Crippen molar-refractivity contribution in [1.29, 1.82) is 0 Å². The standard InChI is InChI=1S/C17H21ClN2O/c1-4-21-15-8-14(10-19-11-15)16-6-5-13(7-17(16)18)9-20-12(2)3/h5-8,10-12,20H,4,9H2,1-3H3. The largest absolute Gasteiger partial charge is 0.492 e. The molecule has 0 saturated heterocycles. The van der Waals surface area contributed by atoms with Gasteiger partial charge in [-0.1, -0.05) is 37.6 Å². The number of hydrogen-bond acceptors (Lipinski definition) is 3. The van der Waals surface area contributed by atoms with Crippen LogP contribution in [0.5, 0.6) is 5.75 Å². The van der Waals surface area contributed by atoms with E-state index >= 15 is 0 Å². The van der Waals surface area contributed by atoms with Gasteiger partial charge in [0.15, 0.2) is 0 Å². The van der Waals surface area contributed by atoms with Crippen LogP contribution in [0, 0.1) is 0 Å². The van der Waals surface area contributed by atoms with Gasteiger partial charge in [0.05, 0.1) is 12.8 Å². The molecule has 1 N–H and O–H groups in total. The highest BCUT2D eigenvalue weighted by atomic mass is 35.5. The number of ether oxygens (including phenoxy) is 1. The molecule has 0 saturated carbocycles. The molecule has 1 aromatic carbocycles. The zero-order valence-corrected chi connectivity index (χ0v) is 13.4. The summed E-state index contributed by atoms with van der Waals surface area (Å²) in [7, 11) is 0. The van der Waals surface area contributed by atoms with Crippen molar-refractivity contribution in [2.75, 3.05) is 6.61 Å². The van der Waals surface area contributed by atoms with Crippen LogP contribution in [-0.2, 0) is 6.54 Å². The van der Waals surface area contributed by atoms with E-state index in [1.807, 2.05) is 25.1 Å². The van der Waals surface area contributed by atoms with E-state index in [1.54, 1.807) is 12.4 Å². The molecule has 2 aromatic rings. The van der Waals surface area contributed by atoms with Crippen molar-refractivity contribution in [3.8, 4) is 16.9 Å². The fraction of sp³-hybridized carbons (Fsp3) is 0.353. The molecule has 2 rings (SSSR count). The maximum atomic E-state index is 6.41. The van der Waals surface area contributed by atoms with Crippen molar-refractivity contribution in [3.05, 3.63) is 47.2 Å². The fourth-order valence-corrected chi connectivity index (χ4v) is 2.35. The van der Waals surface area contributed by atoms with Gasteiger partial charge in [0.1, 0.15) is 5.75 Å². The average Bonchev–Trinajstić information content (AvgIpc) is 2.46. The molecule has 0 unspecified atom stereocenters. The summed E-state index contributed by atoms with van der Waals surface area (Å²) in [5.41, 5.74) is 3.11. The molecule has 0 amide bonds. The lowest BCUT2D eigenvalue weighted by atomic mass is 10.1. The number of aromatic nitrogens is 1. The van der Waals surface area contributed by atoms with Crippen LogP contribution in [-0.4, -0.2) is 17.6 Å². The molecule has 1 heterocycles. The molecule has 0 spiro atoms. The molecule has 1 aromatic heterocycles. The van der Waals surface area contributed by atoms with Gasteiger partial charge in [0, 0.05) is 34.9 Å². The Hall–Kier alpha value is -1.58. The monoisotopic (exact) mass is 304 g/mol. The van der Waals surface area contributed by atoms with Crippen LogP contribution >= 0.6 is 11.6 Å². The second kappa shape index (κ2) is 7.43. The molecular weight excluding hydrogens is 284 g/mol. The molecule has 0 aliphatic carbocycles. The molecule has 0 aliphatic heterocycles. The van der Waals surface area contributed by atoms with Crippen LogP contribution < -0.4 is 10.1 Å². The SMILES string of the molecule is CCOc1cncc(-c2ccc(CNC(C)C)cc2Cl)c1. The highest BCUT2D eigenvalue weighted by Gasteiger charge is 2.07. The molecule has 0 atom stereocenters. The summed E-state index contributed by atoms with van der Waals surface area (Å²) in [5.74, 6) is 0.761. The summed E-state index contributed by atoms with van der Waals surface area (Å²) < 4.78 is 5.48. The third-order valence-electron chi connectivity index (χ3n) is 3.08. The average molecular weight is 305 g/mol. The van der Waals surface area contributed by atoms with Crippen molar-refractivity contribution >= 4 is 11.6 Å². The summed E-state index contributed by atoms with van der Waals surface area (Å²) in [6, 6.07) is 8.54. The van der Waals surface area contributed by atoms with Gasteiger partial charge in [-0.3, -0.25) is 4.98 Å². The van der Waals surface area contributed by atoms with E-state index in [4.69, 9.17) is 16.3 Å². The second-order valence-electron chi connectivity index (χ2n) is 5.19. The predicted molar refractivity (Wildman–Crippen MR) is 87.8 cm³/mol. The number of nitrogens with one attached hydrogen (secondary N) is 1. The molecule has 0 radical (unpaired) electrons. The zero-order chi connectivity index (χ0) is 15.2. The lowest BCUT2D eigenvalue weighted by Crippen LogP contribution is -2.21. The van der Waals surface area contributed by atoms with E-state index in [0.29, 0.717) is 12.6 Å². The molecule has 0 fully saturated rings. The lowest BCUT2D eigenvalue weighted by molar-refractivity contribution is 0.339. The quantitative estimate of drug-likeness (QED) is 0.864. The van der Waals surface area contributed by atoms with Crippen LogP contribution in [0.25, 0.3) is 11.1 Å². The van der Waals surface area contributed by atoms with Crippen molar-refractivity contribution in [2.24, 2.45) is 0 Å². The third-order valence-corrected chi connectivity index (χ3v) is 3.40. The highest BCUT2D eigenvalue weighted by Crippen LogP contribution is 2.30. The van der Waals surface area contributed by atoms with Crippen LogP contribution in [0.15, 0.2) is 36.7 Å². The highest BCUT2D eigenvalue weighted by molar-refractivity contribution is 6.33. The van der Waals surface area contributed by atoms with Gasteiger partial charge < -0.3 is 10.1 Å². The first kappa shape index (κ1) is 15.8. The van der Waals surface area contributed by atoms with Crippen molar-refractivity contribution in [1.82, 2.24) is 10.3 Å². The first-order valence-electron chi connectivity index (χ1n) is 7.20. The molecule has 0 aliphatic rings. The minimum Gasteiger partial charge on any atom is -0.492 e. The van der Waals surface area contributed by atoms with Crippen LogP contribution in [0.2, 0.25) is 5.02 Å². The van der Waals surface area contributed by atoms with Crippen LogP contribution in [0.3, 0.4) is 0 Å². The summed E-state index contributed by atoms with van der Waals surface area (Å²) in [6.07, 6.45) is 3.51. The minimum atomic E-state index is 0.454. The Labute approximate surface area is 131 Å². The van der Waals surface area contributed by atoms with Gasteiger partial charge in [-0.2, -0.15) is 0 Å². The van der Waals surface area contributed by atoms with E-state index in [1.165, 1.54) is 5.56 Å². The third kappa shape index (κ3) is 4.45. The number of hydrogen-bond donors (Lipinski definition) is 1. The molecule has 0 bridgehead atoms. The van der Waals surface area contributed by atoms with Crippen LogP contribution in [0.4, 0.5) is 0 Å². The number of nitrogens with zero attached hydrogens (tertiary/aromatic N) is 1. The van der Waals surface area contributed by atoms with Gasteiger partial charge in [-0.15, -0.1) is 0 Å². The predicted octanol–water partition coefficient (Wildman–Crippen LogP) is 4.30. The number of benzene rings is 1. The maximum absolute atomic E-state index is 6.41. The molecular formula is C17H21ClN2O. The van der Waals surface area contributed by atoms with Gasteiger partial charge in [-0.25, -0.2) is 0 Å². The van der Waals surface area contributed by atoms with E-state index in [2.05, 4.69) is 30.2 Å². The Morgan fingerprint density at radius 1 is 1.24 bits per heavy atom. The fourth-order valence-electron chi connectivity index (χ4n) is 2.04. The topological polar surface area (TPSA) is 34.1 Å². The zero-order valence-electron chi connectivity index (χ0n) is 12.7. The lowest BCUT2D eigenvalue weighted by Gasteiger charge is -2.11. The van der Waals surface area contributed by atoms with E-state index in [-0.39, 0.29) is 0 Å².